The van der Waals surface area contributed by atoms with Gasteiger partial charge in [0.1, 0.15) is 0 Å². The van der Waals surface area contributed by atoms with E-state index in [9.17, 15) is 5.11 Å². The molecule has 0 amide bonds. The second-order valence-corrected chi connectivity index (χ2v) is 4.08. The second-order valence-electron chi connectivity index (χ2n) is 4.08. The maximum atomic E-state index is 9.27. The molecule has 0 aromatic rings. The van der Waals surface area contributed by atoms with Gasteiger partial charge in [-0.2, -0.15) is 0 Å². The van der Waals surface area contributed by atoms with Gasteiger partial charge in [0.2, 0.25) is 0 Å². The quantitative estimate of drug-likeness (QED) is 0.652. The highest BCUT2D eigenvalue weighted by atomic mass is 16.3. The monoisotopic (exact) mass is 157 g/mol. The van der Waals surface area contributed by atoms with Gasteiger partial charge < -0.3 is 10.0 Å². The zero-order chi connectivity index (χ0) is 8.48. The standard InChI is InChI=1S/C9H19NO/c1-8(11)7-9(2)5-4-6-10(9)3/h8,11H,4-7H2,1-3H3. The predicted octanol–water partition coefficient (Wildman–Crippen LogP) is 1.24. The van der Waals surface area contributed by atoms with Gasteiger partial charge >= 0.3 is 0 Å². The van der Waals surface area contributed by atoms with Crippen LogP contribution in [0.4, 0.5) is 0 Å². The van der Waals surface area contributed by atoms with E-state index in [-0.39, 0.29) is 11.6 Å². The third-order valence-corrected chi connectivity index (χ3v) is 2.87. The van der Waals surface area contributed by atoms with Gasteiger partial charge in [-0.25, -0.2) is 0 Å². The molecule has 1 aliphatic heterocycles. The van der Waals surface area contributed by atoms with Crippen LogP contribution >= 0.6 is 0 Å². The molecule has 0 aliphatic carbocycles. The summed E-state index contributed by atoms with van der Waals surface area (Å²) in [6.45, 7) is 5.30. The Hall–Kier alpha value is -0.0800. The highest BCUT2D eigenvalue weighted by Gasteiger charge is 2.34. The Balaban J connectivity index is 2.51. The lowest BCUT2D eigenvalue weighted by atomic mass is 9.92. The predicted molar refractivity (Wildman–Crippen MR) is 46.6 cm³/mol. The van der Waals surface area contributed by atoms with Gasteiger partial charge in [-0.3, -0.25) is 0 Å². The Labute approximate surface area is 69.2 Å². The molecule has 1 aliphatic rings. The summed E-state index contributed by atoms with van der Waals surface area (Å²) in [6, 6.07) is 0. The van der Waals surface area contributed by atoms with E-state index in [1.807, 2.05) is 6.92 Å². The molecule has 0 radical (unpaired) electrons. The fourth-order valence-electron chi connectivity index (χ4n) is 2.05. The van der Waals surface area contributed by atoms with Crippen LogP contribution < -0.4 is 0 Å². The lowest BCUT2D eigenvalue weighted by molar-refractivity contribution is 0.0935. The van der Waals surface area contributed by atoms with Crippen molar-refractivity contribution >= 4 is 0 Å². The summed E-state index contributed by atoms with van der Waals surface area (Å²) in [5, 5.41) is 9.27. The summed E-state index contributed by atoms with van der Waals surface area (Å²) in [5.41, 5.74) is 0.258. The van der Waals surface area contributed by atoms with Crippen LogP contribution in [0.3, 0.4) is 0 Å². The van der Waals surface area contributed by atoms with Crippen LogP contribution in [0.15, 0.2) is 0 Å². The number of nitrogens with zero attached hydrogens (tertiary/aromatic N) is 1. The summed E-state index contributed by atoms with van der Waals surface area (Å²) in [7, 11) is 2.15. The molecule has 2 nitrogen and oxygen atoms in total. The maximum Gasteiger partial charge on any atom is 0.0529 e. The number of aliphatic hydroxyl groups excluding tert-OH is 1. The summed E-state index contributed by atoms with van der Waals surface area (Å²) in [5.74, 6) is 0. The SMILES string of the molecule is CC(O)CC1(C)CCCN1C. The van der Waals surface area contributed by atoms with E-state index in [1.165, 1.54) is 19.4 Å². The van der Waals surface area contributed by atoms with Crippen LogP contribution in [0.1, 0.15) is 33.1 Å². The lowest BCUT2D eigenvalue weighted by Gasteiger charge is -2.33. The van der Waals surface area contributed by atoms with Crippen LogP contribution in [0.25, 0.3) is 0 Å². The van der Waals surface area contributed by atoms with Crippen molar-refractivity contribution in [2.24, 2.45) is 0 Å². The van der Waals surface area contributed by atoms with Crippen molar-refractivity contribution in [3.8, 4) is 0 Å². The topological polar surface area (TPSA) is 23.5 Å². The highest BCUT2D eigenvalue weighted by Crippen LogP contribution is 2.31. The van der Waals surface area contributed by atoms with Gasteiger partial charge in [0.05, 0.1) is 6.10 Å². The highest BCUT2D eigenvalue weighted by molar-refractivity contribution is 4.90. The van der Waals surface area contributed by atoms with E-state index in [2.05, 4.69) is 18.9 Å². The molecular weight excluding hydrogens is 138 g/mol. The first-order valence-corrected chi connectivity index (χ1v) is 4.44. The van der Waals surface area contributed by atoms with Gasteiger partial charge in [-0.15, -0.1) is 0 Å². The van der Waals surface area contributed by atoms with Gasteiger partial charge in [-0.1, -0.05) is 0 Å². The summed E-state index contributed by atoms with van der Waals surface area (Å²) >= 11 is 0. The molecule has 1 saturated heterocycles. The Kier molecular flexibility index (Phi) is 2.55. The molecule has 66 valence electrons. The molecule has 0 spiro atoms. The molecule has 2 heteroatoms. The molecule has 1 N–H and O–H groups in total. The second kappa shape index (κ2) is 3.11. The summed E-state index contributed by atoms with van der Waals surface area (Å²) in [4.78, 5) is 2.36. The number of likely N-dealkylation sites (tertiary alicyclic amines) is 1. The molecule has 2 unspecified atom stereocenters. The van der Waals surface area contributed by atoms with Gasteiger partial charge in [0.25, 0.3) is 0 Å². The van der Waals surface area contributed by atoms with Crippen molar-refractivity contribution in [3.63, 3.8) is 0 Å². The molecule has 1 heterocycles. The van der Waals surface area contributed by atoms with Gasteiger partial charge in [0.15, 0.2) is 0 Å². The Morgan fingerprint density at radius 2 is 2.27 bits per heavy atom. The van der Waals surface area contributed by atoms with E-state index in [4.69, 9.17) is 0 Å². The molecule has 0 saturated carbocycles. The van der Waals surface area contributed by atoms with E-state index in [0.717, 1.165) is 6.42 Å². The minimum atomic E-state index is -0.166. The Bertz CT molecular complexity index is 136. The Morgan fingerprint density at radius 1 is 1.64 bits per heavy atom. The number of hydrogen-bond acceptors (Lipinski definition) is 2. The molecule has 0 aromatic heterocycles. The number of aliphatic hydroxyl groups is 1. The van der Waals surface area contributed by atoms with Gasteiger partial charge in [0, 0.05) is 5.54 Å². The zero-order valence-corrected chi connectivity index (χ0v) is 7.80. The van der Waals surface area contributed by atoms with Crippen LogP contribution in [-0.2, 0) is 0 Å². The van der Waals surface area contributed by atoms with Crippen LogP contribution in [0, 0.1) is 0 Å². The van der Waals surface area contributed by atoms with Crippen LogP contribution in [0.2, 0.25) is 0 Å². The number of hydrogen-bond donors (Lipinski definition) is 1. The summed E-state index contributed by atoms with van der Waals surface area (Å²) in [6.07, 6.45) is 3.25. The van der Waals surface area contributed by atoms with Crippen molar-refractivity contribution < 1.29 is 5.11 Å². The van der Waals surface area contributed by atoms with E-state index < -0.39 is 0 Å². The minimum Gasteiger partial charge on any atom is -0.393 e. The molecular formula is C9H19NO. The van der Waals surface area contributed by atoms with Crippen molar-refractivity contribution in [1.29, 1.82) is 0 Å². The first-order valence-electron chi connectivity index (χ1n) is 4.44. The maximum absolute atomic E-state index is 9.27. The van der Waals surface area contributed by atoms with E-state index >= 15 is 0 Å². The third-order valence-electron chi connectivity index (χ3n) is 2.87. The fourth-order valence-corrected chi connectivity index (χ4v) is 2.05. The van der Waals surface area contributed by atoms with E-state index in [1.54, 1.807) is 0 Å². The van der Waals surface area contributed by atoms with Crippen molar-refractivity contribution in [2.45, 2.75) is 44.8 Å². The average Bonchev–Trinajstić information content (AvgIpc) is 2.11. The molecule has 1 rings (SSSR count). The lowest BCUT2D eigenvalue weighted by Crippen LogP contribution is -2.40. The van der Waals surface area contributed by atoms with Crippen LogP contribution in [0.5, 0.6) is 0 Å². The molecule has 1 fully saturated rings. The zero-order valence-electron chi connectivity index (χ0n) is 7.80. The largest absolute Gasteiger partial charge is 0.393 e. The third kappa shape index (κ3) is 1.94. The van der Waals surface area contributed by atoms with Crippen molar-refractivity contribution in [2.75, 3.05) is 13.6 Å². The molecule has 0 aromatic carbocycles. The van der Waals surface area contributed by atoms with Crippen molar-refractivity contribution in [1.82, 2.24) is 4.90 Å². The molecule has 0 bridgehead atoms. The molecule has 2 atom stereocenters. The fraction of sp³-hybridized carbons (Fsp3) is 1.00. The first-order chi connectivity index (χ1) is 5.04. The average molecular weight is 157 g/mol. The first kappa shape index (κ1) is 9.01. The number of rotatable bonds is 2. The minimum absolute atomic E-state index is 0.166. The van der Waals surface area contributed by atoms with Crippen LogP contribution in [-0.4, -0.2) is 35.2 Å². The normalized spacial score (nSPS) is 36.0. The Morgan fingerprint density at radius 3 is 2.64 bits per heavy atom. The summed E-state index contributed by atoms with van der Waals surface area (Å²) < 4.78 is 0. The smallest absolute Gasteiger partial charge is 0.0529 e. The van der Waals surface area contributed by atoms with Crippen molar-refractivity contribution in [3.05, 3.63) is 0 Å². The molecule has 11 heavy (non-hydrogen) atoms. The van der Waals surface area contributed by atoms with Gasteiger partial charge in [-0.05, 0) is 46.7 Å². The van der Waals surface area contributed by atoms with E-state index in [0.29, 0.717) is 0 Å².